The number of aromatic hydroxyl groups is 1. The molecule has 1 fully saturated rings. The summed E-state index contributed by atoms with van der Waals surface area (Å²) in [5, 5.41) is 12.8. The number of carbonyl (C=O) groups excluding carboxylic acids is 1. The summed E-state index contributed by atoms with van der Waals surface area (Å²) in [6.07, 6.45) is 0. The molecule has 8 heteroatoms. The molecule has 29 heavy (non-hydrogen) atoms. The molecular formula is C21H22N6O2. The van der Waals surface area contributed by atoms with Crippen LogP contribution in [0.4, 0.5) is 23.1 Å². The molecule has 4 rings (SSSR count). The van der Waals surface area contributed by atoms with Crippen molar-refractivity contribution >= 4 is 29.0 Å². The van der Waals surface area contributed by atoms with Gasteiger partial charge in [0.05, 0.1) is 5.69 Å². The smallest absolute Gasteiger partial charge is 0.272 e. The van der Waals surface area contributed by atoms with Crippen LogP contribution in [0.5, 0.6) is 5.75 Å². The van der Waals surface area contributed by atoms with E-state index in [0.29, 0.717) is 18.8 Å². The molecule has 0 unspecified atom stereocenters. The Morgan fingerprint density at radius 1 is 0.966 bits per heavy atom. The molecular weight excluding hydrogens is 368 g/mol. The molecule has 1 aliphatic heterocycles. The minimum atomic E-state index is -0.188. The fraction of sp³-hybridized carbons (Fsp3) is 0.190. The van der Waals surface area contributed by atoms with E-state index < -0.39 is 0 Å². The highest BCUT2D eigenvalue weighted by molar-refractivity contribution is 5.93. The summed E-state index contributed by atoms with van der Waals surface area (Å²) in [7, 11) is 0. The van der Waals surface area contributed by atoms with Crippen molar-refractivity contribution in [3.05, 3.63) is 66.4 Å². The van der Waals surface area contributed by atoms with Crippen LogP contribution in [-0.2, 0) is 0 Å². The lowest BCUT2D eigenvalue weighted by Gasteiger charge is -2.36. The van der Waals surface area contributed by atoms with Crippen LogP contribution in [0, 0.1) is 0 Å². The molecule has 1 saturated heterocycles. The monoisotopic (exact) mass is 390 g/mol. The zero-order valence-electron chi connectivity index (χ0n) is 15.8. The molecule has 0 bridgehead atoms. The van der Waals surface area contributed by atoms with Crippen molar-refractivity contribution in [2.45, 2.75) is 0 Å². The normalized spacial score (nSPS) is 13.9. The molecule has 0 spiro atoms. The molecule has 148 valence electrons. The van der Waals surface area contributed by atoms with Crippen molar-refractivity contribution in [3.8, 4) is 5.75 Å². The molecule has 4 N–H and O–H groups in total. The highest BCUT2D eigenvalue weighted by Gasteiger charge is 2.24. The standard InChI is InChI=1S/C21H22N6O2/c22-19-14-17(24-21(25-19)23-16-8-4-5-9-18(16)28)20(29)27-12-10-26(11-13-27)15-6-2-1-3-7-15/h1-9,14,28H,10-13H2,(H3,22,23,24,25). The van der Waals surface area contributed by atoms with Gasteiger partial charge in [-0.1, -0.05) is 30.3 Å². The molecule has 0 radical (unpaired) electrons. The molecule has 0 aliphatic carbocycles. The number of amides is 1. The van der Waals surface area contributed by atoms with E-state index in [2.05, 4.69) is 32.3 Å². The van der Waals surface area contributed by atoms with Gasteiger partial charge in [0.15, 0.2) is 0 Å². The Hall–Kier alpha value is -3.81. The molecule has 8 nitrogen and oxygen atoms in total. The number of nitrogens with zero attached hydrogens (tertiary/aromatic N) is 4. The first-order chi connectivity index (χ1) is 14.1. The predicted octanol–water partition coefficient (Wildman–Crippen LogP) is 2.47. The minimum Gasteiger partial charge on any atom is -0.506 e. The maximum atomic E-state index is 13.0. The number of anilines is 4. The first kappa shape index (κ1) is 18.5. The van der Waals surface area contributed by atoms with E-state index in [9.17, 15) is 9.90 Å². The first-order valence-corrected chi connectivity index (χ1v) is 9.39. The number of piperazine rings is 1. The largest absolute Gasteiger partial charge is 0.506 e. The van der Waals surface area contributed by atoms with Crippen molar-refractivity contribution < 1.29 is 9.90 Å². The van der Waals surface area contributed by atoms with Gasteiger partial charge < -0.3 is 26.0 Å². The number of hydrogen-bond donors (Lipinski definition) is 3. The van der Waals surface area contributed by atoms with Gasteiger partial charge in [-0.3, -0.25) is 4.79 Å². The molecule has 0 atom stereocenters. The second kappa shape index (κ2) is 8.05. The number of nitrogen functional groups attached to an aromatic ring is 1. The number of nitrogens with two attached hydrogens (primary N) is 1. The quantitative estimate of drug-likeness (QED) is 0.587. The Balaban J connectivity index is 1.46. The molecule has 0 saturated carbocycles. The van der Waals surface area contributed by atoms with Crippen LogP contribution >= 0.6 is 0 Å². The van der Waals surface area contributed by atoms with E-state index in [1.807, 2.05) is 18.2 Å². The summed E-state index contributed by atoms with van der Waals surface area (Å²) in [6, 6.07) is 18.3. The van der Waals surface area contributed by atoms with E-state index in [1.165, 1.54) is 6.07 Å². The van der Waals surface area contributed by atoms with Gasteiger partial charge in [-0.25, -0.2) is 4.98 Å². The zero-order valence-corrected chi connectivity index (χ0v) is 15.8. The Bertz CT molecular complexity index is 1000. The number of nitrogens with one attached hydrogen (secondary N) is 1. The average Bonchev–Trinajstić information content (AvgIpc) is 2.75. The maximum Gasteiger partial charge on any atom is 0.272 e. The third kappa shape index (κ3) is 4.21. The Labute approximate surface area is 168 Å². The second-order valence-corrected chi connectivity index (χ2v) is 6.76. The van der Waals surface area contributed by atoms with Gasteiger partial charge in [-0.2, -0.15) is 4.98 Å². The van der Waals surface area contributed by atoms with E-state index in [4.69, 9.17) is 5.73 Å². The zero-order chi connectivity index (χ0) is 20.2. The molecule has 1 aromatic heterocycles. The van der Waals surface area contributed by atoms with Gasteiger partial charge in [0, 0.05) is 37.9 Å². The fourth-order valence-electron chi connectivity index (χ4n) is 3.30. The van der Waals surface area contributed by atoms with E-state index >= 15 is 0 Å². The van der Waals surface area contributed by atoms with Gasteiger partial charge >= 0.3 is 0 Å². The van der Waals surface area contributed by atoms with Crippen molar-refractivity contribution in [1.82, 2.24) is 14.9 Å². The van der Waals surface area contributed by atoms with Crippen LogP contribution in [0.25, 0.3) is 0 Å². The summed E-state index contributed by atoms with van der Waals surface area (Å²) in [5.41, 5.74) is 7.70. The van der Waals surface area contributed by atoms with Gasteiger partial charge in [-0.05, 0) is 24.3 Å². The first-order valence-electron chi connectivity index (χ1n) is 9.39. The number of carbonyl (C=O) groups is 1. The fourth-order valence-corrected chi connectivity index (χ4v) is 3.30. The third-order valence-electron chi connectivity index (χ3n) is 4.80. The average molecular weight is 390 g/mol. The lowest BCUT2D eigenvalue weighted by Crippen LogP contribution is -2.49. The number of rotatable bonds is 4. The van der Waals surface area contributed by atoms with Crippen LogP contribution in [-0.4, -0.2) is 52.1 Å². The minimum absolute atomic E-state index is 0.0587. The highest BCUT2D eigenvalue weighted by Crippen LogP contribution is 2.25. The van der Waals surface area contributed by atoms with Gasteiger partial charge in [0.1, 0.15) is 17.3 Å². The van der Waals surface area contributed by atoms with Gasteiger partial charge in [0.25, 0.3) is 5.91 Å². The molecule has 3 aromatic rings. The number of phenols is 1. The Kier molecular flexibility index (Phi) is 5.15. The van der Waals surface area contributed by atoms with Gasteiger partial charge in [-0.15, -0.1) is 0 Å². The highest BCUT2D eigenvalue weighted by atomic mass is 16.3. The summed E-state index contributed by atoms with van der Waals surface area (Å²) in [6.45, 7) is 2.69. The lowest BCUT2D eigenvalue weighted by atomic mass is 10.2. The molecule has 2 aromatic carbocycles. The predicted molar refractivity (Wildman–Crippen MR) is 112 cm³/mol. The molecule has 1 amide bonds. The van der Waals surface area contributed by atoms with Crippen LogP contribution in [0.3, 0.4) is 0 Å². The van der Waals surface area contributed by atoms with Crippen molar-refractivity contribution in [2.24, 2.45) is 0 Å². The summed E-state index contributed by atoms with van der Waals surface area (Å²) < 4.78 is 0. The van der Waals surface area contributed by atoms with Crippen LogP contribution in [0.15, 0.2) is 60.7 Å². The van der Waals surface area contributed by atoms with E-state index in [-0.39, 0.29) is 29.1 Å². The number of para-hydroxylation sites is 3. The number of hydrogen-bond acceptors (Lipinski definition) is 7. The number of aromatic nitrogens is 2. The third-order valence-corrected chi connectivity index (χ3v) is 4.80. The van der Waals surface area contributed by atoms with Crippen LogP contribution < -0.4 is 16.0 Å². The van der Waals surface area contributed by atoms with Crippen LogP contribution in [0.1, 0.15) is 10.5 Å². The maximum absolute atomic E-state index is 13.0. The van der Waals surface area contributed by atoms with Gasteiger partial charge in [0.2, 0.25) is 5.95 Å². The summed E-state index contributed by atoms with van der Waals surface area (Å²) >= 11 is 0. The number of phenolic OH excluding ortho intramolecular Hbond substituents is 1. The summed E-state index contributed by atoms with van der Waals surface area (Å²) in [5.74, 6) is 0.220. The Morgan fingerprint density at radius 3 is 2.38 bits per heavy atom. The molecule has 2 heterocycles. The number of benzene rings is 2. The Morgan fingerprint density at radius 2 is 1.66 bits per heavy atom. The molecule has 1 aliphatic rings. The van der Waals surface area contributed by atoms with E-state index in [0.717, 1.165) is 18.8 Å². The second-order valence-electron chi connectivity index (χ2n) is 6.76. The summed E-state index contributed by atoms with van der Waals surface area (Å²) in [4.78, 5) is 25.4. The topological polar surface area (TPSA) is 108 Å². The van der Waals surface area contributed by atoms with Crippen molar-refractivity contribution in [1.29, 1.82) is 0 Å². The van der Waals surface area contributed by atoms with E-state index in [1.54, 1.807) is 29.2 Å². The van der Waals surface area contributed by atoms with Crippen LogP contribution in [0.2, 0.25) is 0 Å². The van der Waals surface area contributed by atoms with Crippen molar-refractivity contribution in [3.63, 3.8) is 0 Å². The van der Waals surface area contributed by atoms with Crippen molar-refractivity contribution in [2.75, 3.05) is 42.1 Å². The lowest BCUT2D eigenvalue weighted by molar-refractivity contribution is 0.0741. The SMILES string of the molecule is Nc1cc(C(=O)N2CCN(c3ccccc3)CC2)nc(Nc2ccccc2O)n1.